The summed E-state index contributed by atoms with van der Waals surface area (Å²) in [6.45, 7) is 1.35. The molecular formula is C15H22N2O4. The third kappa shape index (κ3) is 4.01. The van der Waals surface area contributed by atoms with Crippen LogP contribution in [0.25, 0.3) is 0 Å². The van der Waals surface area contributed by atoms with Crippen LogP contribution in [-0.4, -0.2) is 46.4 Å². The number of hydrogen-bond acceptors (Lipinski definition) is 5. The van der Waals surface area contributed by atoms with Gasteiger partial charge in [-0.1, -0.05) is 0 Å². The largest absolute Gasteiger partial charge is 0.496 e. The number of ether oxygens (including phenoxy) is 3. The maximum atomic E-state index is 12.2. The molecule has 0 atom stereocenters. The third-order valence-corrected chi connectivity index (χ3v) is 3.37. The Hall–Kier alpha value is -1.95. The van der Waals surface area contributed by atoms with Gasteiger partial charge in [-0.2, -0.15) is 0 Å². The second-order valence-electron chi connectivity index (χ2n) is 4.89. The molecule has 0 saturated heterocycles. The first-order chi connectivity index (χ1) is 10.2. The van der Waals surface area contributed by atoms with Gasteiger partial charge in [0.05, 0.1) is 26.9 Å². The Morgan fingerprint density at radius 1 is 1.05 bits per heavy atom. The SMILES string of the molecule is COc1cc(OC)c(C(=O)NCCNC2CC2)cc1OC. The van der Waals surface area contributed by atoms with Crippen molar-refractivity contribution in [2.24, 2.45) is 0 Å². The van der Waals surface area contributed by atoms with Gasteiger partial charge >= 0.3 is 0 Å². The Labute approximate surface area is 124 Å². The molecule has 0 unspecified atom stereocenters. The minimum absolute atomic E-state index is 0.189. The highest BCUT2D eigenvalue weighted by Crippen LogP contribution is 2.34. The lowest BCUT2D eigenvalue weighted by molar-refractivity contribution is 0.0950. The fraction of sp³-hybridized carbons (Fsp3) is 0.533. The van der Waals surface area contributed by atoms with Gasteiger partial charge in [0.1, 0.15) is 5.75 Å². The van der Waals surface area contributed by atoms with Gasteiger partial charge in [-0.15, -0.1) is 0 Å². The van der Waals surface area contributed by atoms with Gasteiger partial charge in [0.2, 0.25) is 0 Å². The van der Waals surface area contributed by atoms with E-state index in [1.165, 1.54) is 27.1 Å². The van der Waals surface area contributed by atoms with Gasteiger partial charge in [0.15, 0.2) is 11.5 Å². The van der Waals surface area contributed by atoms with E-state index in [4.69, 9.17) is 14.2 Å². The standard InChI is InChI=1S/C15H22N2O4/c1-19-12-9-14(21-3)13(20-2)8-11(12)15(18)17-7-6-16-10-4-5-10/h8-10,16H,4-7H2,1-3H3,(H,17,18). The molecule has 6 nitrogen and oxygen atoms in total. The summed E-state index contributed by atoms with van der Waals surface area (Å²) in [7, 11) is 4.60. The first-order valence-electron chi connectivity index (χ1n) is 7.01. The lowest BCUT2D eigenvalue weighted by atomic mass is 10.1. The van der Waals surface area contributed by atoms with Gasteiger partial charge in [0.25, 0.3) is 5.91 Å². The van der Waals surface area contributed by atoms with Crippen molar-refractivity contribution >= 4 is 5.91 Å². The fourth-order valence-electron chi connectivity index (χ4n) is 2.04. The Kier molecular flexibility index (Phi) is 5.27. The van der Waals surface area contributed by atoms with E-state index in [-0.39, 0.29) is 5.91 Å². The Bertz CT molecular complexity index is 501. The Morgan fingerprint density at radius 2 is 1.67 bits per heavy atom. The summed E-state index contributed by atoms with van der Waals surface area (Å²) in [5.74, 6) is 1.30. The molecule has 0 radical (unpaired) electrons. The van der Waals surface area contributed by atoms with Gasteiger partial charge in [-0.05, 0) is 12.8 Å². The molecule has 2 rings (SSSR count). The van der Waals surface area contributed by atoms with Crippen molar-refractivity contribution < 1.29 is 19.0 Å². The van der Waals surface area contributed by atoms with Crippen LogP contribution in [-0.2, 0) is 0 Å². The molecular weight excluding hydrogens is 272 g/mol. The lowest BCUT2D eigenvalue weighted by Gasteiger charge is -2.14. The highest BCUT2D eigenvalue weighted by atomic mass is 16.5. The summed E-state index contributed by atoms with van der Waals surface area (Å²) in [5.41, 5.74) is 0.432. The van der Waals surface area contributed by atoms with Crippen molar-refractivity contribution in [1.82, 2.24) is 10.6 Å². The molecule has 21 heavy (non-hydrogen) atoms. The van der Waals surface area contributed by atoms with Crippen molar-refractivity contribution in [3.8, 4) is 17.2 Å². The summed E-state index contributed by atoms with van der Waals surface area (Å²) < 4.78 is 15.7. The minimum Gasteiger partial charge on any atom is -0.496 e. The van der Waals surface area contributed by atoms with Gasteiger partial charge in [-0.25, -0.2) is 0 Å². The second-order valence-corrected chi connectivity index (χ2v) is 4.89. The Balaban J connectivity index is 2.02. The van der Waals surface area contributed by atoms with Crippen molar-refractivity contribution in [3.05, 3.63) is 17.7 Å². The maximum absolute atomic E-state index is 12.2. The van der Waals surface area contributed by atoms with Crippen molar-refractivity contribution in [3.63, 3.8) is 0 Å². The number of methoxy groups -OCH3 is 3. The number of amides is 1. The van der Waals surface area contributed by atoms with Crippen LogP contribution in [0, 0.1) is 0 Å². The molecule has 1 fully saturated rings. The number of hydrogen-bond donors (Lipinski definition) is 2. The molecule has 1 saturated carbocycles. The molecule has 0 heterocycles. The van der Waals surface area contributed by atoms with E-state index in [1.807, 2.05) is 0 Å². The predicted molar refractivity (Wildman–Crippen MR) is 79.5 cm³/mol. The van der Waals surface area contributed by atoms with E-state index < -0.39 is 0 Å². The summed E-state index contributed by atoms with van der Waals surface area (Å²) >= 11 is 0. The van der Waals surface area contributed by atoms with Crippen LogP contribution < -0.4 is 24.8 Å². The zero-order valence-corrected chi connectivity index (χ0v) is 12.7. The van der Waals surface area contributed by atoms with Crippen molar-refractivity contribution in [1.29, 1.82) is 0 Å². The zero-order valence-electron chi connectivity index (χ0n) is 12.7. The van der Waals surface area contributed by atoms with Crippen molar-refractivity contribution in [2.75, 3.05) is 34.4 Å². The summed E-state index contributed by atoms with van der Waals surface area (Å²) in [5, 5.41) is 6.21. The summed E-state index contributed by atoms with van der Waals surface area (Å²) in [6, 6.07) is 3.91. The van der Waals surface area contributed by atoms with E-state index in [1.54, 1.807) is 19.2 Å². The summed E-state index contributed by atoms with van der Waals surface area (Å²) in [4.78, 5) is 12.2. The molecule has 1 aliphatic rings. The van der Waals surface area contributed by atoms with E-state index in [2.05, 4.69) is 10.6 Å². The molecule has 0 aromatic heterocycles. The van der Waals surface area contributed by atoms with Crippen LogP contribution in [0.15, 0.2) is 12.1 Å². The van der Waals surface area contributed by atoms with Gasteiger partial charge in [-0.3, -0.25) is 4.79 Å². The predicted octanol–water partition coefficient (Wildman–Crippen LogP) is 1.19. The van der Waals surface area contributed by atoms with Gasteiger partial charge < -0.3 is 24.8 Å². The smallest absolute Gasteiger partial charge is 0.255 e. The topological polar surface area (TPSA) is 68.8 Å². The molecule has 0 aliphatic heterocycles. The molecule has 6 heteroatoms. The quantitative estimate of drug-likeness (QED) is 0.705. The molecule has 2 N–H and O–H groups in total. The summed E-state index contributed by atoms with van der Waals surface area (Å²) in [6.07, 6.45) is 2.47. The monoisotopic (exact) mass is 294 g/mol. The van der Waals surface area contributed by atoms with E-state index in [9.17, 15) is 4.79 Å². The van der Waals surface area contributed by atoms with Crippen LogP contribution in [0.1, 0.15) is 23.2 Å². The Morgan fingerprint density at radius 3 is 2.24 bits per heavy atom. The zero-order chi connectivity index (χ0) is 15.2. The lowest BCUT2D eigenvalue weighted by Crippen LogP contribution is -2.32. The number of rotatable bonds is 8. The molecule has 116 valence electrons. The average molecular weight is 294 g/mol. The first-order valence-corrected chi connectivity index (χ1v) is 7.01. The first kappa shape index (κ1) is 15.4. The van der Waals surface area contributed by atoms with Crippen LogP contribution in [0.4, 0.5) is 0 Å². The molecule has 1 amide bonds. The molecule has 0 bridgehead atoms. The third-order valence-electron chi connectivity index (χ3n) is 3.37. The van der Waals surface area contributed by atoms with E-state index >= 15 is 0 Å². The van der Waals surface area contributed by atoms with Crippen LogP contribution in [0.2, 0.25) is 0 Å². The van der Waals surface area contributed by atoms with Gasteiger partial charge in [0, 0.05) is 31.3 Å². The highest BCUT2D eigenvalue weighted by molar-refractivity contribution is 5.97. The van der Waals surface area contributed by atoms with E-state index in [0.29, 0.717) is 35.4 Å². The number of carbonyl (C=O) groups is 1. The molecule has 0 spiro atoms. The highest BCUT2D eigenvalue weighted by Gasteiger charge is 2.20. The second kappa shape index (κ2) is 7.17. The van der Waals surface area contributed by atoms with Crippen molar-refractivity contribution in [2.45, 2.75) is 18.9 Å². The fourth-order valence-corrected chi connectivity index (χ4v) is 2.04. The normalized spacial score (nSPS) is 13.7. The maximum Gasteiger partial charge on any atom is 0.255 e. The number of benzene rings is 1. The number of carbonyl (C=O) groups excluding carboxylic acids is 1. The molecule has 1 aromatic rings. The van der Waals surface area contributed by atoms with E-state index in [0.717, 1.165) is 6.54 Å². The number of nitrogens with one attached hydrogen (secondary N) is 2. The van der Waals surface area contributed by atoms with Crippen LogP contribution in [0.5, 0.6) is 17.2 Å². The molecule has 1 aromatic carbocycles. The molecule has 1 aliphatic carbocycles. The van der Waals surface area contributed by atoms with Crippen LogP contribution in [0.3, 0.4) is 0 Å². The minimum atomic E-state index is -0.189. The van der Waals surface area contributed by atoms with Crippen LogP contribution >= 0.6 is 0 Å². The average Bonchev–Trinajstić information content (AvgIpc) is 3.34.